The van der Waals surface area contributed by atoms with Crippen molar-refractivity contribution >= 4 is 17.3 Å². The molecule has 1 atom stereocenters. The average Bonchev–Trinajstić information content (AvgIpc) is 2.36. The Morgan fingerprint density at radius 3 is 2.75 bits per heavy atom. The molecule has 0 radical (unpaired) electrons. The Kier molecular flexibility index (Phi) is 3.57. The zero-order chi connectivity index (χ0) is 14.9. The molecule has 104 valence electrons. The van der Waals surface area contributed by atoms with Crippen LogP contribution < -0.4 is 4.90 Å². The third-order valence-electron chi connectivity index (χ3n) is 3.66. The van der Waals surface area contributed by atoms with Crippen LogP contribution >= 0.6 is 0 Å². The van der Waals surface area contributed by atoms with E-state index in [0.29, 0.717) is 18.8 Å². The lowest BCUT2D eigenvalue weighted by Crippen LogP contribution is -2.51. The lowest BCUT2D eigenvalue weighted by Gasteiger charge is -2.43. The van der Waals surface area contributed by atoms with Gasteiger partial charge in [-0.1, -0.05) is 6.92 Å². The lowest BCUT2D eigenvalue weighted by atomic mass is 9.86. The normalized spacial score (nSPS) is 16.1. The molecule has 0 saturated carbocycles. The van der Waals surface area contributed by atoms with E-state index in [4.69, 9.17) is 10.4 Å². The van der Waals surface area contributed by atoms with E-state index >= 15 is 0 Å². The minimum Gasteiger partial charge on any atom is -0.481 e. The van der Waals surface area contributed by atoms with E-state index in [0.717, 1.165) is 0 Å². The summed E-state index contributed by atoms with van der Waals surface area (Å²) in [6.07, 6.45) is 0. The number of rotatable bonds is 4. The SMILES string of the molecule is CC(C(=O)O)C1CN(c2ccc([N+](=O)[O-])cc2C#N)C1. The Labute approximate surface area is 115 Å². The molecule has 7 nitrogen and oxygen atoms in total. The van der Waals surface area contributed by atoms with Crippen molar-refractivity contribution in [2.45, 2.75) is 6.92 Å². The highest BCUT2D eigenvalue weighted by atomic mass is 16.6. The first-order valence-corrected chi connectivity index (χ1v) is 6.10. The summed E-state index contributed by atoms with van der Waals surface area (Å²) in [5, 5.41) is 28.7. The molecule has 1 aliphatic heterocycles. The van der Waals surface area contributed by atoms with Crippen molar-refractivity contribution in [1.29, 1.82) is 5.26 Å². The average molecular weight is 275 g/mol. The van der Waals surface area contributed by atoms with Crippen LogP contribution in [0.4, 0.5) is 11.4 Å². The highest BCUT2D eigenvalue weighted by molar-refractivity contribution is 5.71. The largest absolute Gasteiger partial charge is 0.481 e. The van der Waals surface area contributed by atoms with Gasteiger partial charge in [0.2, 0.25) is 0 Å². The van der Waals surface area contributed by atoms with Crippen LogP contribution in [0.5, 0.6) is 0 Å². The molecular formula is C13H13N3O4. The zero-order valence-corrected chi connectivity index (χ0v) is 10.8. The van der Waals surface area contributed by atoms with Crippen molar-refractivity contribution in [3.8, 4) is 6.07 Å². The summed E-state index contributed by atoms with van der Waals surface area (Å²) < 4.78 is 0. The Morgan fingerprint density at radius 1 is 1.60 bits per heavy atom. The fourth-order valence-electron chi connectivity index (χ4n) is 2.23. The van der Waals surface area contributed by atoms with Gasteiger partial charge in [0.05, 0.1) is 22.1 Å². The van der Waals surface area contributed by atoms with E-state index in [1.165, 1.54) is 12.1 Å². The molecular weight excluding hydrogens is 262 g/mol. The van der Waals surface area contributed by atoms with E-state index in [1.54, 1.807) is 13.0 Å². The Hall–Kier alpha value is -2.62. The fourth-order valence-corrected chi connectivity index (χ4v) is 2.23. The standard InChI is InChI=1S/C13H13N3O4/c1-8(13(17)18)10-6-15(7-10)12-3-2-11(16(19)20)4-9(12)5-14/h2-4,8,10H,6-7H2,1H3,(H,17,18). The summed E-state index contributed by atoms with van der Waals surface area (Å²) in [5.41, 5.74) is 0.730. The second-order valence-electron chi connectivity index (χ2n) is 4.86. The summed E-state index contributed by atoms with van der Waals surface area (Å²) in [7, 11) is 0. The van der Waals surface area contributed by atoms with Gasteiger partial charge in [-0.2, -0.15) is 5.26 Å². The topological polar surface area (TPSA) is 107 Å². The number of nitro benzene ring substituents is 1. The second-order valence-corrected chi connectivity index (χ2v) is 4.86. The molecule has 1 unspecified atom stereocenters. The molecule has 1 aliphatic rings. The number of nitrogens with zero attached hydrogens (tertiary/aromatic N) is 3. The molecule has 0 aliphatic carbocycles. The maximum Gasteiger partial charge on any atom is 0.306 e. The molecule has 1 N–H and O–H groups in total. The van der Waals surface area contributed by atoms with Crippen LogP contribution in [0.1, 0.15) is 12.5 Å². The van der Waals surface area contributed by atoms with Gasteiger partial charge >= 0.3 is 5.97 Å². The van der Waals surface area contributed by atoms with Crippen LogP contribution in [0.3, 0.4) is 0 Å². The van der Waals surface area contributed by atoms with E-state index in [-0.39, 0.29) is 17.2 Å². The van der Waals surface area contributed by atoms with E-state index in [2.05, 4.69) is 0 Å². The summed E-state index contributed by atoms with van der Waals surface area (Å²) >= 11 is 0. The molecule has 0 aromatic heterocycles. The van der Waals surface area contributed by atoms with Crippen LogP contribution in [0.15, 0.2) is 18.2 Å². The van der Waals surface area contributed by atoms with Crippen LogP contribution in [0.2, 0.25) is 0 Å². The number of benzene rings is 1. The highest BCUT2D eigenvalue weighted by Gasteiger charge is 2.35. The first kappa shape index (κ1) is 13.8. The van der Waals surface area contributed by atoms with Crippen molar-refractivity contribution < 1.29 is 14.8 Å². The van der Waals surface area contributed by atoms with Crippen molar-refractivity contribution in [1.82, 2.24) is 0 Å². The fraction of sp³-hybridized carbons (Fsp3) is 0.385. The maximum absolute atomic E-state index is 10.9. The number of carbonyl (C=O) groups is 1. The number of non-ortho nitro benzene ring substituents is 1. The second kappa shape index (κ2) is 5.17. The predicted molar refractivity (Wildman–Crippen MR) is 70.3 cm³/mol. The van der Waals surface area contributed by atoms with Gasteiger partial charge in [-0.25, -0.2) is 0 Å². The highest BCUT2D eigenvalue weighted by Crippen LogP contribution is 2.33. The van der Waals surface area contributed by atoms with Gasteiger partial charge < -0.3 is 10.0 Å². The Bertz CT molecular complexity index is 602. The molecule has 20 heavy (non-hydrogen) atoms. The van der Waals surface area contributed by atoms with Gasteiger partial charge in [0.1, 0.15) is 6.07 Å². The van der Waals surface area contributed by atoms with Crippen LogP contribution in [0.25, 0.3) is 0 Å². The minimum absolute atomic E-state index is 0.0363. The molecule has 7 heteroatoms. The van der Waals surface area contributed by atoms with Gasteiger partial charge in [-0.15, -0.1) is 0 Å². The van der Waals surface area contributed by atoms with Crippen molar-refractivity contribution in [2.24, 2.45) is 11.8 Å². The maximum atomic E-state index is 10.9. The van der Waals surface area contributed by atoms with Crippen LogP contribution in [0, 0.1) is 33.3 Å². The number of hydrogen-bond donors (Lipinski definition) is 1. The summed E-state index contributed by atoms with van der Waals surface area (Å²) in [6, 6.07) is 6.08. The summed E-state index contributed by atoms with van der Waals surface area (Å²) in [6.45, 7) is 2.74. The molecule has 1 fully saturated rings. The van der Waals surface area contributed by atoms with E-state index in [1.807, 2.05) is 11.0 Å². The molecule has 0 bridgehead atoms. The number of nitriles is 1. The van der Waals surface area contributed by atoms with Crippen molar-refractivity contribution in [3.63, 3.8) is 0 Å². The van der Waals surface area contributed by atoms with Gasteiger partial charge in [0.15, 0.2) is 0 Å². The molecule has 1 aromatic rings. The Morgan fingerprint density at radius 2 is 2.25 bits per heavy atom. The first-order chi connectivity index (χ1) is 9.43. The minimum atomic E-state index is -0.834. The third kappa shape index (κ3) is 2.40. The number of carboxylic acids is 1. The molecule has 1 saturated heterocycles. The Balaban J connectivity index is 2.14. The van der Waals surface area contributed by atoms with E-state index < -0.39 is 16.8 Å². The lowest BCUT2D eigenvalue weighted by molar-refractivity contribution is -0.384. The number of nitro groups is 1. The number of anilines is 1. The van der Waals surface area contributed by atoms with E-state index in [9.17, 15) is 14.9 Å². The van der Waals surface area contributed by atoms with Gasteiger partial charge in [0.25, 0.3) is 5.69 Å². The quantitative estimate of drug-likeness (QED) is 0.660. The smallest absolute Gasteiger partial charge is 0.306 e. The van der Waals surface area contributed by atoms with Gasteiger partial charge in [0, 0.05) is 31.1 Å². The number of hydrogen-bond acceptors (Lipinski definition) is 5. The monoisotopic (exact) mass is 275 g/mol. The molecule has 0 spiro atoms. The molecule has 1 aromatic carbocycles. The number of aliphatic carboxylic acids is 1. The van der Waals surface area contributed by atoms with Crippen LogP contribution in [-0.4, -0.2) is 29.1 Å². The van der Waals surface area contributed by atoms with Crippen molar-refractivity contribution in [2.75, 3.05) is 18.0 Å². The molecule has 1 heterocycles. The summed E-state index contributed by atoms with van der Waals surface area (Å²) in [4.78, 5) is 22.9. The van der Waals surface area contributed by atoms with Crippen molar-refractivity contribution in [3.05, 3.63) is 33.9 Å². The molecule has 0 amide bonds. The number of carboxylic acid groups (broad SMARTS) is 1. The van der Waals surface area contributed by atoms with Gasteiger partial charge in [-0.3, -0.25) is 14.9 Å². The first-order valence-electron chi connectivity index (χ1n) is 6.10. The third-order valence-corrected chi connectivity index (χ3v) is 3.66. The summed E-state index contributed by atoms with van der Waals surface area (Å²) in [5.74, 6) is -1.23. The van der Waals surface area contributed by atoms with Gasteiger partial charge in [-0.05, 0) is 6.07 Å². The predicted octanol–water partition coefficient (Wildman–Crippen LogP) is 1.62. The molecule has 2 rings (SSSR count). The zero-order valence-electron chi connectivity index (χ0n) is 10.8. The van der Waals surface area contributed by atoms with Crippen LogP contribution in [-0.2, 0) is 4.79 Å².